The van der Waals surface area contributed by atoms with E-state index in [-0.39, 0.29) is 36.4 Å². The number of aryl methyl sites for hydroxylation is 1. The maximum Gasteiger partial charge on any atom is 0.416 e. The summed E-state index contributed by atoms with van der Waals surface area (Å²) in [6, 6.07) is 6.72. The first kappa shape index (κ1) is 26.4. The van der Waals surface area contributed by atoms with Crippen molar-refractivity contribution in [1.29, 1.82) is 0 Å². The van der Waals surface area contributed by atoms with Crippen LogP contribution in [0.25, 0.3) is 11.8 Å². The van der Waals surface area contributed by atoms with Gasteiger partial charge in [0.2, 0.25) is 11.6 Å². The fraction of sp³-hybridized carbons (Fsp3) is 0.308. The molecule has 0 spiro atoms. The minimum Gasteiger partial charge on any atom is -0.495 e. The van der Waals surface area contributed by atoms with Gasteiger partial charge in [-0.15, -0.1) is 0 Å². The third-order valence-corrected chi connectivity index (χ3v) is 6.49. The molecule has 1 fully saturated rings. The van der Waals surface area contributed by atoms with E-state index in [1.165, 1.54) is 18.9 Å². The van der Waals surface area contributed by atoms with Crippen LogP contribution in [0.2, 0.25) is 0 Å². The van der Waals surface area contributed by atoms with E-state index in [4.69, 9.17) is 14.3 Å². The number of hydrogen-bond acceptors (Lipinski definition) is 6. The SMILES string of the molecule is COc1cc(C=C2OCCN3C2=NOC3(C)c2cc(C(F)(F)F)cc(C(F)(F)F)c2)ccc1-n1cnc(C)c1. The molecule has 2 aliphatic heterocycles. The smallest absolute Gasteiger partial charge is 0.416 e. The molecule has 1 saturated heterocycles. The number of hydrogen-bond donors (Lipinski definition) is 0. The predicted molar refractivity (Wildman–Crippen MR) is 128 cm³/mol. The average Bonchev–Trinajstić information content (AvgIpc) is 3.47. The van der Waals surface area contributed by atoms with Crippen LogP contribution in [0.1, 0.15) is 34.9 Å². The Kier molecular flexibility index (Phi) is 6.27. The first-order chi connectivity index (χ1) is 18.3. The molecule has 5 rings (SSSR count). The number of morpholine rings is 1. The van der Waals surface area contributed by atoms with Crippen molar-refractivity contribution in [2.75, 3.05) is 20.3 Å². The van der Waals surface area contributed by atoms with Gasteiger partial charge in [-0.2, -0.15) is 26.3 Å². The summed E-state index contributed by atoms with van der Waals surface area (Å²) in [4.78, 5) is 11.2. The maximum atomic E-state index is 13.5. The topological polar surface area (TPSA) is 61.1 Å². The summed E-state index contributed by atoms with van der Waals surface area (Å²) < 4.78 is 94.0. The quantitative estimate of drug-likeness (QED) is 0.365. The summed E-state index contributed by atoms with van der Waals surface area (Å²) in [5, 5.41) is 4.00. The van der Waals surface area contributed by atoms with Gasteiger partial charge in [0.15, 0.2) is 5.76 Å². The Balaban J connectivity index is 1.49. The highest BCUT2D eigenvalue weighted by molar-refractivity contribution is 6.01. The second kappa shape index (κ2) is 9.24. The van der Waals surface area contributed by atoms with Gasteiger partial charge in [0.1, 0.15) is 12.4 Å². The summed E-state index contributed by atoms with van der Waals surface area (Å²) in [6.45, 7) is 3.44. The molecule has 3 heterocycles. The molecule has 206 valence electrons. The van der Waals surface area contributed by atoms with E-state index in [0.717, 1.165) is 11.4 Å². The van der Waals surface area contributed by atoms with Crippen molar-refractivity contribution < 1.29 is 40.7 Å². The highest BCUT2D eigenvalue weighted by Crippen LogP contribution is 2.43. The molecule has 2 aliphatic rings. The number of imidazole rings is 1. The van der Waals surface area contributed by atoms with Gasteiger partial charge in [-0.25, -0.2) is 4.98 Å². The molecular weight excluding hydrogens is 530 g/mol. The molecule has 0 aliphatic carbocycles. The molecule has 13 heteroatoms. The van der Waals surface area contributed by atoms with Gasteiger partial charge in [-0.1, -0.05) is 11.2 Å². The lowest BCUT2D eigenvalue weighted by Gasteiger charge is -2.37. The van der Waals surface area contributed by atoms with Gasteiger partial charge < -0.3 is 23.8 Å². The molecule has 0 radical (unpaired) electrons. The number of benzene rings is 2. The third-order valence-electron chi connectivity index (χ3n) is 6.49. The highest BCUT2D eigenvalue weighted by Gasteiger charge is 2.49. The molecule has 1 unspecified atom stereocenters. The van der Waals surface area contributed by atoms with Gasteiger partial charge in [0.05, 0.1) is 42.5 Å². The minimum atomic E-state index is -4.99. The summed E-state index contributed by atoms with van der Waals surface area (Å²) in [5.41, 5.74) is -2.73. The lowest BCUT2D eigenvalue weighted by molar-refractivity contribution is -0.144. The number of aromatic nitrogens is 2. The van der Waals surface area contributed by atoms with Crippen LogP contribution >= 0.6 is 0 Å². The Morgan fingerprint density at radius 3 is 2.31 bits per heavy atom. The first-order valence-electron chi connectivity index (χ1n) is 11.7. The first-order valence-corrected chi connectivity index (χ1v) is 11.7. The zero-order chi connectivity index (χ0) is 28.2. The van der Waals surface area contributed by atoms with Crippen LogP contribution in [0.15, 0.2) is 59.8 Å². The van der Waals surface area contributed by atoms with Crippen LogP contribution in [0.5, 0.6) is 5.75 Å². The van der Waals surface area contributed by atoms with E-state index in [1.54, 1.807) is 29.1 Å². The van der Waals surface area contributed by atoms with E-state index in [0.29, 0.717) is 23.4 Å². The van der Waals surface area contributed by atoms with Gasteiger partial charge in [-0.3, -0.25) is 0 Å². The fourth-order valence-corrected chi connectivity index (χ4v) is 4.48. The van der Waals surface area contributed by atoms with Crippen LogP contribution in [-0.2, 0) is 27.7 Å². The lowest BCUT2D eigenvalue weighted by atomic mass is 9.96. The summed E-state index contributed by atoms with van der Waals surface area (Å²) in [7, 11) is 1.52. The Labute approximate surface area is 218 Å². The van der Waals surface area contributed by atoms with E-state index >= 15 is 0 Å². The summed E-state index contributed by atoms with van der Waals surface area (Å²) in [5.74, 6) is 0.914. The number of ether oxygens (including phenoxy) is 2. The predicted octanol–water partition coefficient (Wildman–Crippen LogP) is 6.12. The van der Waals surface area contributed by atoms with Crippen molar-refractivity contribution in [3.63, 3.8) is 0 Å². The van der Waals surface area contributed by atoms with Crippen molar-refractivity contribution >= 4 is 11.9 Å². The van der Waals surface area contributed by atoms with Crippen molar-refractivity contribution in [3.8, 4) is 11.4 Å². The molecule has 1 atom stereocenters. The number of oxime groups is 1. The number of amidine groups is 1. The van der Waals surface area contributed by atoms with E-state index in [1.807, 2.05) is 19.2 Å². The van der Waals surface area contributed by atoms with Crippen LogP contribution in [0.3, 0.4) is 0 Å². The van der Waals surface area contributed by atoms with Crippen LogP contribution < -0.4 is 4.74 Å². The number of rotatable bonds is 4. The van der Waals surface area contributed by atoms with Gasteiger partial charge in [-0.05, 0) is 48.9 Å². The van der Waals surface area contributed by atoms with Crippen LogP contribution in [0, 0.1) is 6.92 Å². The molecule has 0 amide bonds. The molecule has 39 heavy (non-hydrogen) atoms. The second-order valence-corrected chi connectivity index (χ2v) is 9.15. The van der Waals surface area contributed by atoms with E-state index < -0.39 is 29.2 Å². The zero-order valence-electron chi connectivity index (χ0n) is 20.9. The zero-order valence-corrected chi connectivity index (χ0v) is 20.9. The number of methoxy groups -OCH3 is 1. The van der Waals surface area contributed by atoms with Crippen LogP contribution in [0.4, 0.5) is 26.3 Å². The van der Waals surface area contributed by atoms with Crippen molar-refractivity contribution in [3.05, 3.63) is 82.6 Å². The molecule has 0 N–H and O–H groups in total. The molecular formula is C26H22F6N4O3. The third kappa shape index (κ3) is 4.88. The highest BCUT2D eigenvalue weighted by atomic mass is 19.4. The minimum absolute atomic E-state index is 0.0797. The number of fused-ring (bicyclic) bond motifs is 1. The summed E-state index contributed by atoms with van der Waals surface area (Å²) >= 11 is 0. The normalized spacial score (nSPS) is 20.4. The molecule has 0 bridgehead atoms. The van der Waals surface area contributed by atoms with Crippen molar-refractivity contribution in [2.45, 2.75) is 31.9 Å². The largest absolute Gasteiger partial charge is 0.495 e. The fourth-order valence-electron chi connectivity index (χ4n) is 4.48. The standard InChI is InChI=1S/C26H22F6N4O3/c1-15-13-35(14-33-15)20-5-4-16(8-21(20)37-3)9-22-23-34-39-24(2,36(23)6-7-38-22)17-10-18(25(27,28)29)12-19(11-17)26(30,31)32/h4-5,8-14H,6-7H2,1-3H3. The Hall–Kier alpha value is -4.16. The molecule has 3 aromatic rings. The number of nitrogens with zero attached hydrogens (tertiary/aromatic N) is 4. The molecule has 0 saturated carbocycles. The molecule has 2 aromatic carbocycles. The summed E-state index contributed by atoms with van der Waals surface area (Å²) in [6.07, 6.45) is -4.87. The second-order valence-electron chi connectivity index (χ2n) is 9.15. The molecule has 1 aromatic heterocycles. The maximum absolute atomic E-state index is 13.5. The molecule has 7 nitrogen and oxygen atoms in total. The van der Waals surface area contributed by atoms with Crippen LogP contribution in [-0.4, -0.2) is 40.5 Å². The van der Waals surface area contributed by atoms with E-state index in [2.05, 4.69) is 10.1 Å². The lowest BCUT2D eigenvalue weighted by Crippen LogP contribution is -2.49. The Morgan fingerprint density at radius 2 is 1.72 bits per heavy atom. The van der Waals surface area contributed by atoms with Crippen molar-refractivity contribution in [1.82, 2.24) is 14.5 Å². The van der Waals surface area contributed by atoms with Gasteiger partial charge >= 0.3 is 12.4 Å². The Bertz CT molecular complexity index is 1440. The monoisotopic (exact) mass is 552 g/mol. The van der Waals surface area contributed by atoms with E-state index in [9.17, 15) is 26.3 Å². The van der Waals surface area contributed by atoms with Gasteiger partial charge in [0.25, 0.3) is 0 Å². The number of alkyl halides is 6. The number of halogens is 6. The Morgan fingerprint density at radius 1 is 1.03 bits per heavy atom. The van der Waals surface area contributed by atoms with Crippen molar-refractivity contribution in [2.24, 2.45) is 5.16 Å². The van der Waals surface area contributed by atoms with Gasteiger partial charge in [0, 0.05) is 18.7 Å². The average molecular weight is 552 g/mol.